The van der Waals surface area contributed by atoms with Crippen molar-refractivity contribution < 1.29 is 9.53 Å². The Kier molecular flexibility index (Phi) is 3.43. The Hall–Kier alpha value is -0.810. The molecule has 86 valence electrons. The van der Waals surface area contributed by atoms with Crippen molar-refractivity contribution in [3.05, 3.63) is 0 Å². The van der Waals surface area contributed by atoms with E-state index in [0.29, 0.717) is 12.6 Å². The fourth-order valence-corrected chi connectivity index (χ4v) is 2.03. The molecule has 2 atom stereocenters. The van der Waals surface area contributed by atoms with Crippen LogP contribution in [0.2, 0.25) is 0 Å². The standard InChI is InChI=1S/C10H19N3O2/c1-8-6-13(4-3-11-8)10(14)12-9-2-5-15-7-9/h8-9,11H,2-7H2,1H3,(H,12,14)/t8-,9?/m1/s1. The second kappa shape index (κ2) is 4.81. The molecule has 2 aliphatic heterocycles. The summed E-state index contributed by atoms with van der Waals surface area (Å²) in [5, 5.41) is 6.32. The molecule has 0 aromatic heterocycles. The van der Waals surface area contributed by atoms with Gasteiger partial charge in [0.25, 0.3) is 0 Å². The first-order chi connectivity index (χ1) is 7.25. The summed E-state index contributed by atoms with van der Waals surface area (Å²) in [6, 6.07) is 0.658. The lowest BCUT2D eigenvalue weighted by Crippen LogP contribution is -2.55. The van der Waals surface area contributed by atoms with E-state index >= 15 is 0 Å². The fourth-order valence-electron chi connectivity index (χ4n) is 2.03. The Morgan fingerprint density at radius 1 is 1.60 bits per heavy atom. The second-order valence-corrected chi connectivity index (χ2v) is 4.31. The van der Waals surface area contributed by atoms with E-state index in [2.05, 4.69) is 17.6 Å². The predicted octanol–water partition coefficient (Wildman–Crippen LogP) is -0.221. The van der Waals surface area contributed by atoms with E-state index in [4.69, 9.17) is 4.74 Å². The van der Waals surface area contributed by atoms with Gasteiger partial charge in [0.2, 0.25) is 0 Å². The van der Waals surface area contributed by atoms with Crippen LogP contribution in [0, 0.1) is 0 Å². The van der Waals surface area contributed by atoms with Crippen molar-refractivity contribution in [3.8, 4) is 0 Å². The van der Waals surface area contributed by atoms with Gasteiger partial charge in [0, 0.05) is 32.3 Å². The van der Waals surface area contributed by atoms with Gasteiger partial charge in [-0.3, -0.25) is 0 Å². The van der Waals surface area contributed by atoms with Crippen LogP contribution in [-0.4, -0.2) is 55.9 Å². The lowest BCUT2D eigenvalue weighted by Gasteiger charge is -2.32. The number of hydrogen-bond donors (Lipinski definition) is 2. The third kappa shape index (κ3) is 2.82. The molecule has 2 N–H and O–H groups in total. The van der Waals surface area contributed by atoms with Crippen LogP contribution in [0.25, 0.3) is 0 Å². The predicted molar refractivity (Wildman–Crippen MR) is 56.8 cm³/mol. The average Bonchev–Trinajstić information content (AvgIpc) is 2.70. The highest BCUT2D eigenvalue weighted by atomic mass is 16.5. The molecule has 2 saturated heterocycles. The molecular weight excluding hydrogens is 194 g/mol. The van der Waals surface area contributed by atoms with Crippen LogP contribution in [0.3, 0.4) is 0 Å². The quantitative estimate of drug-likeness (QED) is 0.633. The molecule has 0 bridgehead atoms. The number of nitrogens with zero attached hydrogens (tertiary/aromatic N) is 1. The summed E-state index contributed by atoms with van der Waals surface area (Å²) in [5.41, 5.74) is 0. The highest BCUT2D eigenvalue weighted by molar-refractivity contribution is 5.74. The number of hydrogen-bond acceptors (Lipinski definition) is 3. The van der Waals surface area contributed by atoms with Crippen LogP contribution in [0.5, 0.6) is 0 Å². The van der Waals surface area contributed by atoms with Crippen LogP contribution >= 0.6 is 0 Å². The summed E-state index contributed by atoms with van der Waals surface area (Å²) in [6.07, 6.45) is 0.938. The topological polar surface area (TPSA) is 53.6 Å². The number of piperazine rings is 1. The summed E-state index contributed by atoms with van der Waals surface area (Å²) >= 11 is 0. The van der Waals surface area contributed by atoms with E-state index in [9.17, 15) is 4.79 Å². The number of carbonyl (C=O) groups is 1. The minimum Gasteiger partial charge on any atom is -0.379 e. The van der Waals surface area contributed by atoms with Crippen LogP contribution in [0.4, 0.5) is 4.79 Å². The molecule has 2 fully saturated rings. The smallest absolute Gasteiger partial charge is 0.317 e. The van der Waals surface area contributed by atoms with Crippen molar-refractivity contribution >= 4 is 6.03 Å². The Labute approximate surface area is 90.1 Å². The zero-order chi connectivity index (χ0) is 10.7. The van der Waals surface area contributed by atoms with Gasteiger partial charge in [-0.2, -0.15) is 0 Å². The van der Waals surface area contributed by atoms with E-state index in [1.807, 2.05) is 4.90 Å². The van der Waals surface area contributed by atoms with E-state index in [1.165, 1.54) is 0 Å². The maximum absolute atomic E-state index is 11.8. The molecule has 0 spiro atoms. The van der Waals surface area contributed by atoms with E-state index in [0.717, 1.165) is 32.7 Å². The molecular formula is C10H19N3O2. The van der Waals surface area contributed by atoms with E-state index in [-0.39, 0.29) is 12.1 Å². The second-order valence-electron chi connectivity index (χ2n) is 4.31. The van der Waals surface area contributed by atoms with Crippen molar-refractivity contribution in [2.24, 2.45) is 0 Å². The van der Waals surface area contributed by atoms with Crippen molar-refractivity contribution in [2.45, 2.75) is 25.4 Å². The third-order valence-corrected chi connectivity index (χ3v) is 2.91. The monoisotopic (exact) mass is 213 g/mol. The number of amides is 2. The molecule has 1 unspecified atom stereocenters. The van der Waals surface area contributed by atoms with Crippen LogP contribution in [-0.2, 0) is 4.74 Å². The maximum Gasteiger partial charge on any atom is 0.317 e. The number of rotatable bonds is 1. The largest absolute Gasteiger partial charge is 0.379 e. The normalized spacial score (nSPS) is 31.7. The number of ether oxygens (including phenoxy) is 1. The van der Waals surface area contributed by atoms with E-state index in [1.54, 1.807) is 0 Å². The van der Waals surface area contributed by atoms with Gasteiger partial charge in [0.15, 0.2) is 0 Å². The van der Waals surface area contributed by atoms with Crippen molar-refractivity contribution in [3.63, 3.8) is 0 Å². The van der Waals surface area contributed by atoms with Crippen LogP contribution in [0.1, 0.15) is 13.3 Å². The average molecular weight is 213 g/mol. The zero-order valence-electron chi connectivity index (χ0n) is 9.16. The maximum atomic E-state index is 11.8. The molecule has 2 rings (SSSR count). The molecule has 5 nitrogen and oxygen atoms in total. The molecule has 0 radical (unpaired) electrons. The first kappa shape index (κ1) is 10.7. The Bertz CT molecular complexity index is 229. The van der Waals surface area contributed by atoms with Gasteiger partial charge in [-0.1, -0.05) is 0 Å². The minimum atomic E-state index is 0.0545. The number of carbonyl (C=O) groups excluding carboxylic acids is 1. The zero-order valence-corrected chi connectivity index (χ0v) is 9.16. The number of nitrogens with one attached hydrogen (secondary N) is 2. The molecule has 2 aliphatic rings. The highest BCUT2D eigenvalue weighted by Gasteiger charge is 2.24. The van der Waals surface area contributed by atoms with Gasteiger partial charge >= 0.3 is 6.03 Å². The summed E-state index contributed by atoms with van der Waals surface area (Å²) in [5.74, 6) is 0. The van der Waals surface area contributed by atoms with Crippen molar-refractivity contribution in [1.82, 2.24) is 15.5 Å². The van der Waals surface area contributed by atoms with Gasteiger partial charge in [-0.15, -0.1) is 0 Å². The lowest BCUT2D eigenvalue weighted by molar-refractivity contribution is 0.167. The van der Waals surface area contributed by atoms with Crippen LogP contribution in [0.15, 0.2) is 0 Å². The highest BCUT2D eigenvalue weighted by Crippen LogP contribution is 2.05. The number of urea groups is 1. The van der Waals surface area contributed by atoms with Crippen molar-refractivity contribution in [2.75, 3.05) is 32.8 Å². The first-order valence-corrected chi connectivity index (χ1v) is 5.62. The molecule has 0 saturated carbocycles. The summed E-state index contributed by atoms with van der Waals surface area (Å²) in [7, 11) is 0. The van der Waals surface area contributed by atoms with Gasteiger partial charge < -0.3 is 20.3 Å². The van der Waals surface area contributed by atoms with Crippen molar-refractivity contribution in [1.29, 1.82) is 0 Å². The SMILES string of the molecule is C[C@@H]1CN(C(=O)NC2CCOC2)CCN1. The van der Waals surface area contributed by atoms with Gasteiger partial charge in [-0.05, 0) is 13.3 Å². The van der Waals surface area contributed by atoms with Gasteiger partial charge in [0.05, 0.1) is 12.6 Å². The van der Waals surface area contributed by atoms with E-state index < -0.39 is 0 Å². The lowest BCUT2D eigenvalue weighted by atomic mass is 10.2. The van der Waals surface area contributed by atoms with Gasteiger partial charge in [0.1, 0.15) is 0 Å². The fraction of sp³-hybridized carbons (Fsp3) is 0.900. The Morgan fingerprint density at radius 3 is 3.13 bits per heavy atom. The molecule has 0 aromatic rings. The molecule has 2 heterocycles. The third-order valence-electron chi connectivity index (χ3n) is 2.91. The summed E-state index contributed by atoms with van der Waals surface area (Å²) < 4.78 is 5.22. The molecule has 0 aromatic carbocycles. The first-order valence-electron chi connectivity index (χ1n) is 5.62. The molecule has 0 aliphatic carbocycles. The summed E-state index contributed by atoms with van der Waals surface area (Å²) in [6.45, 7) is 5.99. The van der Waals surface area contributed by atoms with Gasteiger partial charge in [-0.25, -0.2) is 4.79 Å². The molecule has 15 heavy (non-hydrogen) atoms. The Balaban J connectivity index is 1.78. The molecule has 2 amide bonds. The molecule has 5 heteroatoms. The summed E-state index contributed by atoms with van der Waals surface area (Å²) in [4.78, 5) is 13.7. The Morgan fingerprint density at radius 2 is 2.47 bits per heavy atom. The van der Waals surface area contributed by atoms with Crippen LogP contribution < -0.4 is 10.6 Å². The minimum absolute atomic E-state index is 0.0545.